The number of rotatable bonds is 3. The second-order valence-electron chi connectivity index (χ2n) is 4.66. The van der Waals surface area contributed by atoms with Crippen molar-refractivity contribution in [3.05, 3.63) is 51.7 Å². The highest BCUT2D eigenvalue weighted by Crippen LogP contribution is 2.28. The van der Waals surface area contributed by atoms with Crippen molar-refractivity contribution in [1.82, 2.24) is 0 Å². The van der Waals surface area contributed by atoms with Gasteiger partial charge in [0, 0.05) is 10.2 Å². The number of hydrogen-bond donors (Lipinski definition) is 2. The van der Waals surface area contributed by atoms with Crippen LogP contribution in [-0.2, 0) is 10.0 Å². The van der Waals surface area contributed by atoms with Crippen molar-refractivity contribution in [2.45, 2.75) is 18.7 Å². The van der Waals surface area contributed by atoms with E-state index in [0.29, 0.717) is 21.3 Å². The summed E-state index contributed by atoms with van der Waals surface area (Å²) in [6.07, 6.45) is 0. The zero-order chi connectivity index (χ0) is 15.8. The number of nitrogens with one attached hydrogen (secondary N) is 1. The summed E-state index contributed by atoms with van der Waals surface area (Å²) in [6, 6.07) is 7.30. The second-order valence-corrected chi connectivity index (χ2v) is 7.19. The zero-order valence-electron chi connectivity index (χ0n) is 11.4. The smallest absolute Gasteiger partial charge is 0.262 e. The minimum atomic E-state index is -3.93. The van der Waals surface area contributed by atoms with Crippen LogP contribution in [0.4, 0.5) is 15.8 Å². The summed E-state index contributed by atoms with van der Waals surface area (Å²) in [5, 5.41) is 0. The molecule has 0 heterocycles. The first kappa shape index (κ1) is 15.8. The van der Waals surface area contributed by atoms with E-state index < -0.39 is 15.8 Å². The summed E-state index contributed by atoms with van der Waals surface area (Å²) in [4.78, 5) is 0.0712. The van der Waals surface area contributed by atoms with Gasteiger partial charge in [-0.1, -0.05) is 22.0 Å². The number of nitrogen functional groups attached to an aromatic ring is 1. The van der Waals surface area contributed by atoms with Crippen LogP contribution in [0.3, 0.4) is 0 Å². The molecule has 0 aliphatic heterocycles. The fourth-order valence-corrected chi connectivity index (χ4v) is 3.95. The average Bonchev–Trinajstić information content (AvgIpc) is 2.38. The Morgan fingerprint density at radius 2 is 1.86 bits per heavy atom. The minimum absolute atomic E-state index is 0.0712. The monoisotopic (exact) mass is 372 g/mol. The van der Waals surface area contributed by atoms with E-state index in [1.165, 1.54) is 18.2 Å². The highest BCUT2D eigenvalue weighted by atomic mass is 79.9. The molecule has 0 amide bonds. The quantitative estimate of drug-likeness (QED) is 0.808. The van der Waals surface area contributed by atoms with Gasteiger partial charge in [-0.25, -0.2) is 12.8 Å². The summed E-state index contributed by atoms with van der Waals surface area (Å²) < 4.78 is 41.6. The van der Waals surface area contributed by atoms with E-state index >= 15 is 0 Å². The molecule has 112 valence electrons. The van der Waals surface area contributed by atoms with E-state index in [1.54, 1.807) is 26.0 Å². The Hall–Kier alpha value is -1.60. The SMILES string of the molecule is Cc1ccc(N)c(C)c1S(=O)(=O)Nc1cc(Br)ccc1F. The maximum atomic E-state index is 13.7. The number of benzene rings is 2. The third-order valence-corrected chi connectivity index (χ3v) is 5.23. The van der Waals surface area contributed by atoms with Gasteiger partial charge >= 0.3 is 0 Å². The molecule has 0 atom stereocenters. The van der Waals surface area contributed by atoms with E-state index in [4.69, 9.17) is 5.73 Å². The Morgan fingerprint density at radius 3 is 2.52 bits per heavy atom. The van der Waals surface area contributed by atoms with Gasteiger partial charge in [0.15, 0.2) is 0 Å². The molecular weight excluding hydrogens is 359 g/mol. The summed E-state index contributed by atoms with van der Waals surface area (Å²) in [6.45, 7) is 3.28. The van der Waals surface area contributed by atoms with Crippen LogP contribution in [0, 0.1) is 19.7 Å². The highest BCUT2D eigenvalue weighted by molar-refractivity contribution is 9.10. The number of aryl methyl sites for hydroxylation is 1. The number of anilines is 2. The van der Waals surface area contributed by atoms with Gasteiger partial charge in [0.25, 0.3) is 10.0 Å². The molecule has 0 radical (unpaired) electrons. The van der Waals surface area contributed by atoms with Crippen LogP contribution in [0.25, 0.3) is 0 Å². The van der Waals surface area contributed by atoms with Crippen LogP contribution in [0.1, 0.15) is 11.1 Å². The topological polar surface area (TPSA) is 72.2 Å². The molecule has 0 aromatic heterocycles. The predicted octanol–water partition coefficient (Wildman–Crippen LogP) is 3.59. The lowest BCUT2D eigenvalue weighted by Gasteiger charge is -2.15. The molecule has 7 heteroatoms. The van der Waals surface area contributed by atoms with Crippen molar-refractivity contribution in [2.24, 2.45) is 0 Å². The standard InChI is InChI=1S/C14H14BrFN2O2S/c1-8-3-6-12(17)9(2)14(8)21(19,20)18-13-7-10(15)4-5-11(13)16/h3-7,18H,17H2,1-2H3. The van der Waals surface area contributed by atoms with Crippen LogP contribution in [0.5, 0.6) is 0 Å². The Morgan fingerprint density at radius 1 is 1.19 bits per heavy atom. The highest BCUT2D eigenvalue weighted by Gasteiger charge is 2.22. The van der Waals surface area contributed by atoms with E-state index in [-0.39, 0.29) is 10.6 Å². The van der Waals surface area contributed by atoms with Crippen molar-refractivity contribution in [3.8, 4) is 0 Å². The van der Waals surface area contributed by atoms with Crippen LogP contribution in [-0.4, -0.2) is 8.42 Å². The first-order valence-corrected chi connectivity index (χ1v) is 8.33. The Labute approximate surface area is 131 Å². The third-order valence-electron chi connectivity index (χ3n) is 3.09. The Balaban J connectivity index is 2.54. The van der Waals surface area contributed by atoms with Gasteiger partial charge in [0.2, 0.25) is 0 Å². The molecule has 0 aliphatic rings. The van der Waals surface area contributed by atoms with E-state index in [9.17, 15) is 12.8 Å². The Bertz CT molecular complexity index is 807. The fourth-order valence-electron chi connectivity index (χ4n) is 2.03. The van der Waals surface area contributed by atoms with Crippen LogP contribution in [0.2, 0.25) is 0 Å². The van der Waals surface area contributed by atoms with Gasteiger partial charge in [0.1, 0.15) is 5.82 Å². The van der Waals surface area contributed by atoms with Gasteiger partial charge < -0.3 is 5.73 Å². The number of sulfonamides is 1. The van der Waals surface area contributed by atoms with Crippen LogP contribution < -0.4 is 10.5 Å². The molecule has 0 saturated heterocycles. The average molecular weight is 373 g/mol. The van der Waals surface area contributed by atoms with Crippen LogP contribution in [0.15, 0.2) is 39.7 Å². The molecule has 0 saturated carbocycles. The molecule has 0 bridgehead atoms. The molecule has 2 rings (SSSR count). The number of halogens is 2. The normalized spacial score (nSPS) is 11.4. The first-order valence-electron chi connectivity index (χ1n) is 6.06. The van der Waals surface area contributed by atoms with Gasteiger partial charge in [-0.2, -0.15) is 0 Å². The Kier molecular flexibility index (Phi) is 4.25. The van der Waals surface area contributed by atoms with E-state index in [1.807, 2.05) is 0 Å². The van der Waals surface area contributed by atoms with E-state index in [0.717, 1.165) is 0 Å². The molecule has 0 fully saturated rings. The van der Waals surface area contributed by atoms with Crippen molar-refractivity contribution in [1.29, 1.82) is 0 Å². The van der Waals surface area contributed by atoms with Crippen LogP contribution >= 0.6 is 15.9 Å². The molecule has 21 heavy (non-hydrogen) atoms. The lowest BCUT2D eigenvalue weighted by Crippen LogP contribution is -2.17. The summed E-state index contributed by atoms with van der Waals surface area (Å²) in [5.41, 5.74) is 7.00. The molecule has 4 nitrogen and oxygen atoms in total. The molecule has 0 unspecified atom stereocenters. The zero-order valence-corrected chi connectivity index (χ0v) is 13.8. The van der Waals surface area contributed by atoms with Gasteiger partial charge in [0.05, 0.1) is 10.6 Å². The lowest BCUT2D eigenvalue weighted by molar-refractivity contribution is 0.597. The maximum absolute atomic E-state index is 13.7. The molecule has 3 N–H and O–H groups in total. The molecule has 0 aliphatic carbocycles. The molecule has 0 spiro atoms. The minimum Gasteiger partial charge on any atom is -0.398 e. The first-order chi connectivity index (χ1) is 9.72. The summed E-state index contributed by atoms with van der Waals surface area (Å²) in [5.74, 6) is -0.652. The van der Waals surface area contributed by atoms with Crippen molar-refractivity contribution < 1.29 is 12.8 Å². The number of nitrogens with two attached hydrogens (primary N) is 1. The lowest BCUT2D eigenvalue weighted by atomic mass is 10.1. The van der Waals surface area contributed by atoms with Gasteiger partial charge in [-0.05, 0) is 49.2 Å². The van der Waals surface area contributed by atoms with Crippen molar-refractivity contribution >= 4 is 37.3 Å². The van der Waals surface area contributed by atoms with Crippen molar-refractivity contribution in [2.75, 3.05) is 10.5 Å². The summed E-state index contributed by atoms with van der Waals surface area (Å²) >= 11 is 3.18. The fraction of sp³-hybridized carbons (Fsp3) is 0.143. The number of hydrogen-bond acceptors (Lipinski definition) is 3. The predicted molar refractivity (Wildman–Crippen MR) is 85.2 cm³/mol. The molecular formula is C14H14BrFN2O2S. The van der Waals surface area contributed by atoms with Crippen molar-refractivity contribution in [3.63, 3.8) is 0 Å². The molecule has 2 aromatic rings. The second kappa shape index (κ2) is 5.65. The van der Waals surface area contributed by atoms with Gasteiger partial charge in [-0.3, -0.25) is 4.72 Å². The van der Waals surface area contributed by atoms with Gasteiger partial charge in [-0.15, -0.1) is 0 Å². The summed E-state index contributed by atoms with van der Waals surface area (Å²) in [7, 11) is -3.93. The largest absolute Gasteiger partial charge is 0.398 e. The van der Waals surface area contributed by atoms with E-state index in [2.05, 4.69) is 20.7 Å². The maximum Gasteiger partial charge on any atom is 0.262 e. The third kappa shape index (κ3) is 3.19. The molecule has 2 aromatic carbocycles.